The van der Waals surface area contributed by atoms with E-state index in [1.54, 1.807) is 12.5 Å². The Balaban J connectivity index is 1.88. The summed E-state index contributed by atoms with van der Waals surface area (Å²) < 4.78 is 29.8. The molecule has 0 bridgehead atoms. The second-order valence-corrected chi connectivity index (χ2v) is 7.36. The van der Waals surface area contributed by atoms with Crippen LogP contribution in [0.5, 0.6) is 0 Å². The van der Waals surface area contributed by atoms with Crippen LogP contribution < -0.4 is 5.32 Å². The molecule has 124 valence electrons. The zero-order chi connectivity index (χ0) is 16.9. The van der Waals surface area contributed by atoms with Gasteiger partial charge in [-0.3, -0.25) is 4.79 Å². The fourth-order valence-electron chi connectivity index (χ4n) is 1.94. The Morgan fingerprint density at radius 1 is 1.26 bits per heavy atom. The second-order valence-electron chi connectivity index (χ2n) is 5.20. The Labute approximate surface area is 135 Å². The van der Waals surface area contributed by atoms with Gasteiger partial charge in [0, 0.05) is 31.8 Å². The molecule has 0 saturated carbocycles. The van der Waals surface area contributed by atoms with Crippen molar-refractivity contribution in [2.75, 3.05) is 20.6 Å². The van der Waals surface area contributed by atoms with E-state index in [-0.39, 0.29) is 10.8 Å². The maximum Gasteiger partial charge on any atom is 0.251 e. The number of aromatic nitrogens is 1. The van der Waals surface area contributed by atoms with E-state index in [4.69, 9.17) is 4.52 Å². The third-order valence-electron chi connectivity index (χ3n) is 3.31. The average molecular weight is 337 g/mol. The minimum Gasteiger partial charge on any atom is -0.364 e. The Kier molecular flexibility index (Phi) is 5.51. The fourth-order valence-corrected chi connectivity index (χ4v) is 2.84. The van der Waals surface area contributed by atoms with E-state index in [0.29, 0.717) is 12.1 Å². The summed E-state index contributed by atoms with van der Waals surface area (Å²) in [5.41, 5.74) is 1.41. The molecule has 23 heavy (non-hydrogen) atoms. The normalized spacial score (nSPS) is 11.6. The smallest absolute Gasteiger partial charge is 0.251 e. The van der Waals surface area contributed by atoms with Gasteiger partial charge in [0.25, 0.3) is 5.91 Å². The number of aryl methyl sites for hydroxylation is 1. The van der Waals surface area contributed by atoms with Crippen molar-refractivity contribution in [1.29, 1.82) is 0 Å². The Morgan fingerprint density at radius 2 is 1.96 bits per heavy atom. The average Bonchev–Trinajstić information content (AvgIpc) is 3.04. The summed E-state index contributed by atoms with van der Waals surface area (Å²) in [6, 6.07) is 5.88. The number of amides is 1. The lowest BCUT2D eigenvalue weighted by molar-refractivity contribution is 0.0953. The molecule has 8 heteroatoms. The predicted octanol–water partition coefficient (Wildman–Crippen LogP) is 1.29. The first-order valence-electron chi connectivity index (χ1n) is 7.10. The largest absolute Gasteiger partial charge is 0.364 e. The molecular formula is C15H19N3O4S. The molecule has 2 rings (SSSR count). The molecule has 1 N–H and O–H groups in total. The molecule has 1 aromatic carbocycles. The highest BCUT2D eigenvalue weighted by molar-refractivity contribution is 7.89. The summed E-state index contributed by atoms with van der Waals surface area (Å²) in [7, 11) is -0.551. The number of carbonyl (C=O) groups excluding carboxylic acids is 1. The van der Waals surface area contributed by atoms with E-state index in [9.17, 15) is 13.2 Å². The summed E-state index contributed by atoms with van der Waals surface area (Å²) in [5.74, 6) is -0.232. The summed E-state index contributed by atoms with van der Waals surface area (Å²) in [6.07, 6.45) is 4.75. The van der Waals surface area contributed by atoms with Crippen LogP contribution in [0.1, 0.15) is 22.3 Å². The van der Waals surface area contributed by atoms with Crippen molar-refractivity contribution in [1.82, 2.24) is 14.8 Å². The number of hydrogen-bond acceptors (Lipinski definition) is 5. The molecule has 1 amide bonds. The number of nitrogens with one attached hydrogen (secondary N) is 1. The Bertz CT molecular complexity index is 738. The molecule has 0 spiro atoms. The first kappa shape index (κ1) is 17.2. The topological polar surface area (TPSA) is 92.5 Å². The molecule has 2 aromatic rings. The Morgan fingerprint density at radius 3 is 2.52 bits per heavy atom. The van der Waals surface area contributed by atoms with Crippen molar-refractivity contribution in [3.05, 3.63) is 47.9 Å². The lowest BCUT2D eigenvalue weighted by atomic mass is 10.2. The second kappa shape index (κ2) is 7.38. The zero-order valence-corrected chi connectivity index (χ0v) is 13.8. The lowest BCUT2D eigenvalue weighted by Crippen LogP contribution is -2.25. The third-order valence-corrected chi connectivity index (χ3v) is 5.14. The number of carbonyl (C=O) groups is 1. The lowest BCUT2D eigenvalue weighted by Gasteiger charge is -2.11. The van der Waals surface area contributed by atoms with Crippen molar-refractivity contribution in [3.63, 3.8) is 0 Å². The summed E-state index contributed by atoms with van der Waals surface area (Å²) in [4.78, 5) is 12.2. The summed E-state index contributed by atoms with van der Waals surface area (Å²) >= 11 is 0. The number of rotatable bonds is 7. The van der Waals surface area contributed by atoms with Crippen molar-refractivity contribution in [3.8, 4) is 0 Å². The van der Waals surface area contributed by atoms with Gasteiger partial charge in [-0.25, -0.2) is 12.7 Å². The zero-order valence-electron chi connectivity index (χ0n) is 13.0. The van der Waals surface area contributed by atoms with Gasteiger partial charge in [-0.1, -0.05) is 5.16 Å². The van der Waals surface area contributed by atoms with Crippen molar-refractivity contribution < 1.29 is 17.7 Å². The van der Waals surface area contributed by atoms with Gasteiger partial charge in [-0.2, -0.15) is 0 Å². The van der Waals surface area contributed by atoms with Gasteiger partial charge in [0.1, 0.15) is 6.26 Å². The highest BCUT2D eigenvalue weighted by atomic mass is 32.2. The molecule has 0 unspecified atom stereocenters. The standard InChI is InChI=1S/C15H19N3O4S/c1-18(2)23(20,21)14-7-5-13(6-8-14)15(19)16-9-3-4-12-10-17-22-11-12/h5-8,10-11H,3-4,9H2,1-2H3,(H,16,19). The van der Waals surface area contributed by atoms with E-state index in [2.05, 4.69) is 10.5 Å². The van der Waals surface area contributed by atoms with Gasteiger partial charge in [0.15, 0.2) is 0 Å². The van der Waals surface area contributed by atoms with Gasteiger partial charge < -0.3 is 9.84 Å². The van der Waals surface area contributed by atoms with E-state index in [1.165, 1.54) is 38.4 Å². The van der Waals surface area contributed by atoms with Crippen LogP contribution in [0.25, 0.3) is 0 Å². The van der Waals surface area contributed by atoms with Gasteiger partial charge in [-0.05, 0) is 37.1 Å². The van der Waals surface area contributed by atoms with Crippen LogP contribution in [0.3, 0.4) is 0 Å². The van der Waals surface area contributed by atoms with Gasteiger partial charge in [-0.15, -0.1) is 0 Å². The molecular weight excluding hydrogens is 318 g/mol. The summed E-state index contributed by atoms with van der Waals surface area (Å²) in [5, 5.41) is 6.40. The molecule has 1 heterocycles. The Hall–Kier alpha value is -2.19. The quantitative estimate of drug-likeness (QED) is 0.769. The molecule has 0 saturated heterocycles. The first-order chi connectivity index (χ1) is 10.9. The molecule has 0 fully saturated rings. The molecule has 7 nitrogen and oxygen atoms in total. The maximum atomic E-state index is 12.0. The molecule has 0 atom stereocenters. The van der Waals surface area contributed by atoms with Gasteiger partial charge in [0.2, 0.25) is 10.0 Å². The van der Waals surface area contributed by atoms with Crippen LogP contribution in [-0.4, -0.2) is 44.4 Å². The van der Waals surface area contributed by atoms with Crippen LogP contribution in [0, 0.1) is 0 Å². The van der Waals surface area contributed by atoms with E-state index >= 15 is 0 Å². The van der Waals surface area contributed by atoms with E-state index in [0.717, 1.165) is 22.7 Å². The third kappa shape index (κ3) is 4.40. The molecule has 0 aliphatic rings. The van der Waals surface area contributed by atoms with Crippen LogP contribution in [0.15, 0.2) is 46.1 Å². The van der Waals surface area contributed by atoms with Crippen molar-refractivity contribution >= 4 is 15.9 Å². The van der Waals surface area contributed by atoms with Crippen molar-refractivity contribution in [2.45, 2.75) is 17.7 Å². The number of hydrogen-bond donors (Lipinski definition) is 1. The van der Waals surface area contributed by atoms with Crippen LogP contribution in [0.2, 0.25) is 0 Å². The summed E-state index contributed by atoms with van der Waals surface area (Å²) in [6.45, 7) is 0.516. The molecule has 0 radical (unpaired) electrons. The fraction of sp³-hybridized carbons (Fsp3) is 0.333. The minimum atomic E-state index is -3.48. The number of benzene rings is 1. The minimum absolute atomic E-state index is 0.159. The van der Waals surface area contributed by atoms with Crippen LogP contribution in [0.4, 0.5) is 0 Å². The van der Waals surface area contributed by atoms with Crippen LogP contribution >= 0.6 is 0 Å². The SMILES string of the molecule is CN(C)S(=O)(=O)c1ccc(C(=O)NCCCc2cnoc2)cc1. The first-order valence-corrected chi connectivity index (χ1v) is 8.54. The van der Waals surface area contributed by atoms with Gasteiger partial charge >= 0.3 is 0 Å². The van der Waals surface area contributed by atoms with Crippen LogP contribution in [-0.2, 0) is 16.4 Å². The van der Waals surface area contributed by atoms with E-state index in [1.807, 2.05) is 0 Å². The number of sulfonamides is 1. The van der Waals surface area contributed by atoms with Gasteiger partial charge in [0.05, 0.1) is 11.1 Å². The highest BCUT2D eigenvalue weighted by Crippen LogP contribution is 2.14. The molecule has 0 aliphatic heterocycles. The maximum absolute atomic E-state index is 12.0. The molecule has 0 aliphatic carbocycles. The molecule has 1 aromatic heterocycles. The number of nitrogens with zero attached hydrogens (tertiary/aromatic N) is 2. The highest BCUT2D eigenvalue weighted by Gasteiger charge is 2.17. The predicted molar refractivity (Wildman–Crippen MR) is 84.5 cm³/mol. The van der Waals surface area contributed by atoms with Crippen molar-refractivity contribution in [2.24, 2.45) is 0 Å². The monoisotopic (exact) mass is 337 g/mol. The van der Waals surface area contributed by atoms with E-state index < -0.39 is 10.0 Å².